The van der Waals surface area contributed by atoms with Gasteiger partial charge in [-0.3, -0.25) is 9.59 Å². The first-order valence-corrected chi connectivity index (χ1v) is 11.0. The molecule has 1 unspecified atom stereocenters. The van der Waals surface area contributed by atoms with Gasteiger partial charge in [-0.05, 0) is 42.6 Å². The molecule has 166 valence electrons. The number of likely N-dealkylation sites (tertiary alicyclic amines) is 1. The van der Waals surface area contributed by atoms with Gasteiger partial charge >= 0.3 is 0 Å². The van der Waals surface area contributed by atoms with Crippen molar-refractivity contribution in [3.8, 4) is 0 Å². The number of pyridine rings is 1. The Bertz CT molecular complexity index is 1130. The minimum Gasteiger partial charge on any atom is -0.378 e. The summed E-state index contributed by atoms with van der Waals surface area (Å²) < 4.78 is 1.80. The van der Waals surface area contributed by atoms with E-state index in [0.29, 0.717) is 30.8 Å². The zero-order valence-electron chi connectivity index (χ0n) is 17.8. The van der Waals surface area contributed by atoms with Crippen molar-refractivity contribution < 1.29 is 14.7 Å². The van der Waals surface area contributed by atoms with E-state index in [9.17, 15) is 14.7 Å². The second-order valence-corrected chi connectivity index (χ2v) is 8.91. The zero-order chi connectivity index (χ0) is 22.1. The highest BCUT2D eigenvalue weighted by molar-refractivity contribution is 5.94. The summed E-state index contributed by atoms with van der Waals surface area (Å²) in [5.41, 5.74) is 2.99. The molecule has 0 bridgehead atoms. The topological polar surface area (TPSA) is 99.0 Å². The molecule has 1 aromatic carbocycles. The van der Waals surface area contributed by atoms with Gasteiger partial charge in [0.25, 0.3) is 11.8 Å². The molecule has 2 saturated heterocycles. The number of imidazole rings is 1. The van der Waals surface area contributed by atoms with Gasteiger partial charge in [0.1, 0.15) is 5.65 Å². The van der Waals surface area contributed by atoms with E-state index in [2.05, 4.69) is 15.6 Å². The lowest BCUT2D eigenvalue weighted by Crippen LogP contribution is -2.64. The minimum absolute atomic E-state index is 0.177. The van der Waals surface area contributed by atoms with Crippen LogP contribution in [0.4, 0.5) is 0 Å². The third kappa shape index (κ3) is 3.99. The summed E-state index contributed by atoms with van der Waals surface area (Å²) in [7, 11) is 0. The fourth-order valence-electron chi connectivity index (χ4n) is 4.69. The third-order valence-corrected chi connectivity index (χ3v) is 6.56. The van der Waals surface area contributed by atoms with E-state index in [1.165, 1.54) is 0 Å². The Balaban J connectivity index is 1.15. The van der Waals surface area contributed by atoms with Crippen molar-refractivity contribution in [1.82, 2.24) is 24.9 Å². The third-order valence-electron chi connectivity index (χ3n) is 6.56. The van der Waals surface area contributed by atoms with Crippen LogP contribution in [0.1, 0.15) is 40.4 Å². The van der Waals surface area contributed by atoms with E-state index < -0.39 is 6.10 Å². The number of benzene rings is 1. The molecule has 8 nitrogen and oxygen atoms in total. The molecule has 2 aliphatic heterocycles. The summed E-state index contributed by atoms with van der Waals surface area (Å²) in [5.74, 6) is -0.416. The molecule has 2 aromatic heterocycles. The van der Waals surface area contributed by atoms with Crippen LogP contribution < -0.4 is 10.6 Å². The maximum absolute atomic E-state index is 12.7. The Morgan fingerprint density at radius 1 is 1.19 bits per heavy atom. The first-order chi connectivity index (χ1) is 15.5. The van der Waals surface area contributed by atoms with Crippen molar-refractivity contribution >= 4 is 17.5 Å². The van der Waals surface area contributed by atoms with E-state index in [-0.39, 0.29) is 17.2 Å². The summed E-state index contributed by atoms with van der Waals surface area (Å²) in [6, 6.07) is 10.7. The Morgan fingerprint density at radius 3 is 2.75 bits per heavy atom. The van der Waals surface area contributed by atoms with Crippen LogP contribution in [-0.4, -0.2) is 57.4 Å². The van der Waals surface area contributed by atoms with E-state index in [1.807, 2.05) is 12.1 Å². The average molecular weight is 434 g/mol. The number of rotatable bonds is 5. The fourth-order valence-corrected chi connectivity index (χ4v) is 4.69. The van der Waals surface area contributed by atoms with Crippen LogP contribution in [-0.2, 0) is 11.3 Å². The van der Waals surface area contributed by atoms with E-state index >= 15 is 0 Å². The smallest absolute Gasteiger partial charge is 0.256 e. The number of aliphatic hydroxyl groups is 1. The zero-order valence-corrected chi connectivity index (χ0v) is 17.8. The maximum Gasteiger partial charge on any atom is 0.256 e. The first kappa shape index (κ1) is 20.7. The lowest BCUT2D eigenvalue weighted by molar-refractivity contribution is -0.154. The molecular weight excluding hydrogens is 406 g/mol. The molecule has 0 saturated carbocycles. The number of nitrogens with one attached hydrogen (secondary N) is 2. The van der Waals surface area contributed by atoms with Gasteiger partial charge in [0.05, 0.1) is 5.56 Å². The molecule has 2 fully saturated rings. The van der Waals surface area contributed by atoms with Crippen molar-refractivity contribution in [1.29, 1.82) is 0 Å². The second kappa shape index (κ2) is 8.37. The number of carbonyl (C=O) groups is 2. The Morgan fingerprint density at radius 2 is 2.00 bits per heavy atom. The average Bonchev–Trinajstić information content (AvgIpc) is 3.29. The number of piperidine rings is 1. The van der Waals surface area contributed by atoms with Gasteiger partial charge in [-0.2, -0.15) is 0 Å². The van der Waals surface area contributed by atoms with E-state index in [4.69, 9.17) is 0 Å². The molecule has 2 amide bonds. The van der Waals surface area contributed by atoms with Gasteiger partial charge in [0, 0.05) is 50.2 Å². The number of carbonyl (C=O) groups excluding carboxylic acids is 2. The number of aromatic nitrogens is 2. The highest BCUT2D eigenvalue weighted by Gasteiger charge is 2.46. The van der Waals surface area contributed by atoms with Crippen LogP contribution in [0.2, 0.25) is 0 Å². The lowest BCUT2D eigenvalue weighted by atomic mass is 9.73. The number of nitrogens with zero attached hydrogens (tertiary/aromatic N) is 3. The van der Waals surface area contributed by atoms with Crippen molar-refractivity contribution in [2.24, 2.45) is 5.41 Å². The summed E-state index contributed by atoms with van der Waals surface area (Å²) in [6.07, 6.45) is 6.34. The van der Waals surface area contributed by atoms with E-state index in [0.717, 1.165) is 37.1 Å². The molecule has 8 heteroatoms. The minimum atomic E-state index is -1.16. The number of hydrogen-bond donors (Lipinski definition) is 3. The summed E-state index contributed by atoms with van der Waals surface area (Å²) >= 11 is 0. The summed E-state index contributed by atoms with van der Waals surface area (Å²) in [6.45, 7) is 3.77. The van der Waals surface area contributed by atoms with Crippen molar-refractivity contribution in [2.75, 3.05) is 26.2 Å². The van der Waals surface area contributed by atoms with Crippen molar-refractivity contribution in [3.05, 3.63) is 71.7 Å². The van der Waals surface area contributed by atoms with Gasteiger partial charge in [-0.1, -0.05) is 24.3 Å². The van der Waals surface area contributed by atoms with Crippen LogP contribution in [0.5, 0.6) is 0 Å². The van der Waals surface area contributed by atoms with Crippen LogP contribution >= 0.6 is 0 Å². The van der Waals surface area contributed by atoms with Crippen LogP contribution in [0.25, 0.3) is 5.65 Å². The molecule has 3 N–H and O–H groups in total. The Hall–Kier alpha value is -3.23. The quantitative estimate of drug-likeness (QED) is 0.567. The van der Waals surface area contributed by atoms with Crippen LogP contribution in [0.15, 0.2) is 55.0 Å². The molecule has 1 atom stereocenters. The Labute approximate surface area is 186 Å². The molecule has 1 spiro atoms. The van der Waals surface area contributed by atoms with Gasteiger partial charge in [-0.15, -0.1) is 0 Å². The highest BCUT2D eigenvalue weighted by Crippen LogP contribution is 2.37. The molecule has 4 heterocycles. The largest absolute Gasteiger partial charge is 0.378 e. The number of amides is 2. The van der Waals surface area contributed by atoms with Gasteiger partial charge in [-0.25, -0.2) is 4.98 Å². The van der Waals surface area contributed by atoms with Gasteiger partial charge in [0.15, 0.2) is 6.10 Å². The normalized spacial score (nSPS) is 18.3. The highest BCUT2D eigenvalue weighted by atomic mass is 16.3. The Kier molecular flexibility index (Phi) is 5.40. The predicted octanol–water partition coefficient (Wildman–Crippen LogP) is 1.51. The van der Waals surface area contributed by atoms with Crippen molar-refractivity contribution in [3.63, 3.8) is 0 Å². The molecule has 2 aliphatic rings. The predicted molar refractivity (Wildman–Crippen MR) is 119 cm³/mol. The van der Waals surface area contributed by atoms with Crippen LogP contribution in [0, 0.1) is 5.41 Å². The summed E-state index contributed by atoms with van der Waals surface area (Å²) in [4.78, 5) is 31.0. The molecule has 5 rings (SSSR count). The van der Waals surface area contributed by atoms with Crippen molar-refractivity contribution in [2.45, 2.75) is 25.5 Å². The number of aliphatic hydroxyl groups excluding tert-OH is 1. The van der Waals surface area contributed by atoms with Gasteiger partial charge in [0.2, 0.25) is 0 Å². The molecular formula is C24H27N5O3. The standard InChI is InChI=1S/C24H27N5O3/c30-21(23(32)29-15-24(16-29)8-1-9-25-14-24)18-4-2-17(3-5-18)12-27-22(31)19-6-7-20-26-10-11-28(20)13-19/h2-7,10-11,13,21,25,30H,1,8-9,12,14-16H2,(H,27,31). The molecule has 0 aliphatic carbocycles. The van der Waals surface area contributed by atoms with E-state index in [1.54, 1.807) is 52.2 Å². The molecule has 3 aromatic rings. The van der Waals surface area contributed by atoms with Gasteiger partial charge < -0.3 is 25.0 Å². The SMILES string of the molecule is O=C(NCc1ccc(C(O)C(=O)N2CC3(CCCNC3)C2)cc1)c1ccc2nccn2c1. The second-order valence-electron chi connectivity index (χ2n) is 8.91. The monoisotopic (exact) mass is 433 g/mol. The van der Waals surface area contributed by atoms with Crippen LogP contribution in [0.3, 0.4) is 0 Å². The first-order valence-electron chi connectivity index (χ1n) is 11.0. The summed E-state index contributed by atoms with van der Waals surface area (Å²) in [5, 5.41) is 16.9. The number of fused-ring (bicyclic) bond motifs is 1. The maximum atomic E-state index is 12.7. The fraction of sp³-hybridized carbons (Fsp3) is 0.375. The lowest BCUT2D eigenvalue weighted by Gasteiger charge is -2.52. The molecule has 32 heavy (non-hydrogen) atoms. The molecule has 0 radical (unpaired) electrons. The number of hydrogen-bond acceptors (Lipinski definition) is 5.